The summed E-state index contributed by atoms with van der Waals surface area (Å²) in [6, 6.07) is 15.5. The van der Waals surface area contributed by atoms with E-state index in [1.807, 2.05) is 24.3 Å². The van der Waals surface area contributed by atoms with E-state index in [0.29, 0.717) is 30.3 Å². The zero-order valence-corrected chi connectivity index (χ0v) is 18.8. The fraction of sp³-hybridized carbons (Fsp3) is 0.320. The summed E-state index contributed by atoms with van der Waals surface area (Å²) in [5, 5.41) is 11.7. The zero-order chi connectivity index (χ0) is 23.2. The second-order valence-corrected chi connectivity index (χ2v) is 7.96. The molecule has 0 bridgehead atoms. The topological polar surface area (TPSA) is 76.6 Å². The minimum Gasteiger partial charge on any atom is -0.497 e. The van der Waals surface area contributed by atoms with Crippen LogP contribution in [0.25, 0.3) is 11.3 Å². The van der Waals surface area contributed by atoms with Gasteiger partial charge in [0.2, 0.25) is 5.91 Å². The standard InChI is InChI=1S/C25H27FN4O3/c1-32-21-10-7-18(23(14-21)33-2)15-27-25(31)19-4-3-13-30(16-19)24-12-11-22(28-29-24)17-5-8-20(26)9-6-17/h5-12,14,19H,3-4,13,15-16H2,1-2H3,(H,27,31)/t19-/m0/s1. The van der Waals surface area contributed by atoms with E-state index in [1.54, 1.807) is 32.4 Å². The molecular formula is C25H27FN4O3. The van der Waals surface area contributed by atoms with Crippen molar-refractivity contribution in [3.8, 4) is 22.8 Å². The Labute approximate surface area is 192 Å². The first-order chi connectivity index (χ1) is 16.1. The van der Waals surface area contributed by atoms with E-state index in [-0.39, 0.29) is 17.6 Å². The molecule has 1 aromatic heterocycles. The van der Waals surface area contributed by atoms with Gasteiger partial charge < -0.3 is 19.7 Å². The van der Waals surface area contributed by atoms with Crippen molar-refractivity contribution in [3.05, 3.63) is 66.0 Å². The Hall–Kier alpha value is -3.68. The van der Waals surface area contributed by atoms with Crippen LogP contribution in [0.5, 0.6) is 11.5 Å². The first-order valence-electron chi connectivity index (χ1n) is 10.9. The molecule has 0 spiro atoms. The predicted octanol–water partition coefficient (Wildman–Crippen LogP) is 3.83. The highest BCUT2D eigenvalue weighted by Gasteiger charge is 2.27. The molecule has 0 radical (unpaired) electrons. The van der Waals surface area contributed by atoms with Crippen molar-refractivity contribution in [1.29, 1.82) is 0 Å². The Balaban J connectivity index is 1.37. The second-order valence-electron chi connectivity index (χ2n) is 7.96. The fourth-order valence-electron chi connectivity index (χ4n) is 3.99. The van der Waals surface area contributed by atoms with Gasteiger partial charge in [-0.05, 0) is 61.4 Å². The van der Waals surface area contributed by atoms with Crippen molar-refractivity contribution < 1.29 is 18.7 Å². The Morgan fingerprint density at radius 3 is 2.61 bits per heavy atom. The molecule has 8 heteroatoms. The molecule has 1 aliphatic rings. The van der Waals surface area contributed by atoms with Gasteiger partial charge in [-0.25, -0.2) is 4.39 Å². The average Bonchev–Trinajstić information content (AvgIpc) is 2.87. The first-order valence-corrected chi connectivity index (χ1v) is 10.9. The summed E-state index contributed by atoms with van der Waals surface area (Å²) in [5.41, 5.74) is 2.38. The van der Waals surface area contributed by atoms with Crippen LogP contribution in [0.4, 0.5) is 10.2 Å². The van der Waals surface area contributed by atoms with E-state index in [0.717, 1.165) is 36.3 Å². The Morgan fingerprint density at radius 1 is 1.09 bits per heavy atom. The van der Waals surface area contributed by atoms with Crippen molar-refractivity contribution in [3.63, 3.8) is 0 Å². The maximum Gasteiger partial charge on any atom is 0.225 e. The second kappa shape index (κ2) is 10.3. The number of piperidine rings is 1. The van der Waals surface area contributed by atoms with E-state index in [9.17, 15) is 9.18 Å². The number of halogens is 1. The lowest BCUT2D eigenvalue weighted by atomic mass is 9.97. The lowest BCUT2D eigenvalue weighted by Crippen LogP contribution is -2.43. The number of methoxy groups -OCH3 is 2. The SMILES string of the molecule is COc1ccc(CNC(=O)[C@H]2CCCN(c3ccc(-c4ccc(F)cc4)nn3)C2)c(OC)c1. The van der Waals surface area contributed by atoms with Crippen LogP contribution in [-0.2, 0) is 11.3 Å². The Bertz CT molecular complexity index is 1090. The van der Waals surface area contributed by atoms with E-state index < -0.39 is 0 Å². The molecule has 1 atom stereocenters. The van der Waals surface area contributed by atoms with E-state index >= 15 is 0 Å². The maximum atomic E-state index is 13.1. The number of nitrogens with zero attached hydrogens (tertiary/aromatic N) is 3. The number of ether oxygens (including phenoxy) is 2. The van der Waals surface area contributed by atoms with Crippen molar-refractivity contribution in [2.45, 2.75) is 19.4 Å². The van der Waals surface area contributed by atoms with Crippen LogP contribution in [0.15, 0.2) is 54.6 Å². The van der Waals surface area contributed by atoms with Gasteiger partial charge >= 0.3 is 0 Å². The van der Waals surface area contributed by atoms with Crippen LogP contribution < -0.4 is 19.7 Å². The van der Waals surface area contributed by atoms with Gasteiger partial charge in [-0.1, -0.05) is 0 Å². The molecule has 172 valence electrons. The average molecular weight is 451 g/mol. The third kappa shape index (κ3) is 5.39. The molecule has 33 heavy (non-hydrogen) atoms. The van der Waals surface area contributed by atoms with Gasteiger partial charge in [-0.15, -0.1) is 10.2 Å². The smallest absolute Gasteiger partial charge is 0.225 e. The van der Waals surface area contributed by atoms with Gasteiger partial charge in [0, 0.05) is 36.8 Å². The molecule has 1 fully saturated rings. The van der Waals surface area contributed by atoms with Crippen molar-refractivity contribution in [2.75, 3.05) is 32.2 Å². The van der Waals surface area contributed by atoms with Crippen LogP contribution in [0.2, 0.25) is 0 Å². The van der Waals surface area contributed by atoms with Crippen LogP contribution in [0.1, 0.15) is 18.4 Å². The lowest BCUT2D eigenvalue weighted by Gasteiger charge is -2.32. The monoisotopic (exact) mass is 450 g/mol. The molecular weight excluding hydrogens is 423 g/mol. The summed E-state index contributed by atoms with van der Waals surface area (Å²) in [6.07, 6.45) is 1.72. The molecule has 2 heterocycles. The summed E-state index contributed by atoms with van der Waals surface area (Å²) >= 11 is 0. The summed E-state index contributed by atoms with van der Waals surface area (Å²) in [5.74, 6) is 1.70. The molecule has 0 unspecified atom stereocenters. The Morgan fingerprint density at radius 2 is 1.91 bits per heavy atom. The van der Waals surface area contributed by atoms with Gasteiger partial charge in [-0.2, -0.15) is 0 Å². The highest BCUT2D eigenvalue weighted by atomic mass is 19.1. The van der Waals surface area contributed by atoms with E-state index in [2.05, 4.69) is 20.4 Å². The van der Waals surface area contributed by atoms with E-state index in [4.69, 9.17) is 9.47 Å². The minimum absolute atomic E-state index is 0.00784. The molecule has 4 rings (SSSR count). The van der Waals surface area contributed by atoms with Crippen molar-refractivity contribution in [1.82, 2.24) is 15.5 Å². The van der Waals surface area contributed by atoms with Gasteiger partial charge in [0.15, 0.2) is 5.82 Å². The van der Waals surface area contributed by atoms with Gasteiger partial charge in [0.05, 0.1) is 25.8 Å². The quantitative estimate of drug-likeness (QED) is 0.590. The molecule has 7 nitrogen and oxygen atoms in total. The normalized spacial score (nSPS) is 15.7. The highest BCUT2D eigenvalue weighted by molar-refractivity contribution is 5.79. The van der Waals surface area contributed by atoms with Gasteiger partial charge in [-0.3, -0.25) is 4.79 Å². The van der Waals surface area contributed by atoms with Crippen LogP contribution in [0, 0.1) is 11.7 Å². The molecule has 1 aliphatic heterocycles. The predicted molar refractivity (Wildman–Crippen MR) is 124 cm³/mol. The van der Waals surface area contributed by atoms with Crippen LogP contribution in [0.3, 0.4) is 0 Å². The zero-order valence-electron chi connectivity index (χ0n) is 18.8. The highest BCUT2D eigenvalue weighted by Crippen LogP contribution is 2.26. The molecule has 1 amide bonds. The third-order valence-corrected chi connectivity index (χ3v) is 5.85. The number of carbonyl (C=O) groups excluding carboxylic acids is 1. The van der Waals surface area contributed by atoms with Crippen LogP contribution in [-0.4, -0.2) is 43.4 Å². The summed E-state index contributed by atoms with van der Waals surface area (Å²) in [7, 11) is 3.20. The minimum atomic E-state index is -0.286. The molecule has 0 saturated carbocycles. The van der Waals surface area contributed by atoms with E-state index in [1.165, 1.54) is 12.1 Å². The first kappa shape index (κ1) is 22.5. The molecule has 2 aromatic carbocycles. The number of hydrogen-bond acceptors (Lipinski definition) is 6. The number of hydrogen-bond donors (Lipinski definition) is 1. The summed E-state index contributed by atoms with van der Waals surface area (Å²) in [6.45, 7) is 1.78. The number of aromatic nitrogens is 2. The largest absolute Gasteiger partial charge is 0.497 e. The summed E-state index contributed by atoms with van der Waals surface area (Å²) in [4.78, 5) is 15.0. The van der Waals surface area contributed by atoms with Crippen molar-refractivity contribution in [2.24, 2.45) is 5.92 Å². The van der Waals surface area contributed by atoms with Crippen LogP contribution >= 0.6 is 0 Å². The number of anilines is 1. The molecule has 1 saturated heterocycles. The number of rotatable bonds is 7. The molecule has 3 aromatic rings. The van der Waals surface area contributed by atoms with Gasteiger partial charge in [0.1, 0.15) is 17.3 Å². The molecule has 1 N–H and O–H groups in total. The number of carbonyl (C=O) groups is 1. The molecule has 0 aliphatic carbocycles. The fourth-order valence-corrected chi connectivity index (χ4v) is 3.99. The lowest BCUT2D eigenvalue weighted by molar-refractivity contribution is -0.125. The van der Waals surface area contributed by atoms with Gasteiger partial charge in [0.25, 0.3) is 0 Å². The number of benzene rings is 2. The third-order valence-electron chi connectivity index (χ3n) is 5.85. The number of nitrogens with one attached hydrogen (secondary N) is 1. The van der Waals surface area contributed by atoms with Crippen molar-refractivity contribution >= 4 is 11.7 Å². The summed E-state index contributed by atoms with van der Waals surface area (Å²) < 4.78 is 23.8. The Kier molecular flexibility index (Phi) is 7.02. The maximum absolute atomic E-state index is 13.1. The number of amides is 1.